The molecule has 2 aromatic carbocycles. The van der Waals surface area contributed by atoms with E-state index in [1.54, 1.807) is 28.0 Å². The minimum Gasteiger partial charge on any atom is -0.467 e. The van der Waals surface area contributed by atoms with E-state index in [9.17, 15) is 9.59 Å². The highest BCUT2D eigenvalue weighted by Crippen LogP contribution is 2.26. The summed E-state index contributed by atoms with van der Waals surface area (Å²) >= 11 is 0. The van der Waals surface area contributed by atoms with Gasteiger partial charge in [-0.25, -0.2) is 4.79 Å². The van der Waals surface area contributed by atoms with Crippen molar-refractivity contribution in [2.45, 2.75) is 39.9 Å². The zero-order valence-corrected chi connectivity index (χ0v) is 19.2. The topological polar surface area (TPSA) is 67.5 Å². The van der Waals surface area contributed by atoms with Gasteiger partial charge in [0.1, 0.15) is 5.76 Å². The number of aromatic nitrogens is 1. The average molecular weight is 444 g/mol. The second-order valence-corrected chi connectivity index (χ2v) is 8.66. The molecule has 2 heterocycles. The molecule has 4 aromatic rings. The van der Waals surface area contributed by atoms with Gasteiger partial charge in [-0.05, 0) is 36.6 Å². The van der Waals surface area contributed by atoms with E-state index in [0.29, 0.717) is 35.8 Å². The van der Waals surface area contributed by atoms with Gasteiger partial charge in [0.15, 0.2) is 0 Å². The van der Waals surface area contributed by atoms with Gasteiger partial charge in [-0.3, -0.25) is 4.79 Å². The monoisotopic (exact) mass is 443 g/mol. The molecule has 4 rings (SSSR count). The zero-order chi connectivity index (χ0) is 23.4. The Morgan fingerprint density at radius 1 is 0.970 bits per heavy atom. The summed E-state index contributed by atoms with van der Waals surface area (Å²) in [4.78, 5) is 28.3. The fourth-order valence-electron chi connectivity index (χ4n) is 4.03. The zero-order valence-electron chi connectivity index (χ0n) is 19.2. The largest absolute Gasteiger partial charge is 0.467 e. The minimum absolute atomic E-state index is 0.0533. The van der Waals surface area contributed by atoms with E-state index in [1.807, 2.05) is 67.6 Å². The molecule has 0 aliphatic rings. The molecule has 0 fully saturated rings. The lowest BCUT2D eigenvalue weighted by atomic mass is 10.1. The van der Waals surface area contributed by atoms with Gasteiger partial charge in [-0.2, -0.15) is 0 Å². The van der Waals surface area contributed by atoms with Crippen LogP contribution in [0.3, 0.4) is 0 Å². The summed E-state index contributed by atoms with van der Waals surface area (Å²) in [6.45, 7) is 7.01. The number of nitrogens with zero attached hydrogens (tertiary/aromatic N) is 2. The van der Waals surface area contributed by atoms with Crippen LogP contribution in [0.4, 0.5) is 10.5 Å². The Kier molecular flexibility index (Phi) is 6.63. The number of urea groups is 1. The first-order chi connectivity index (χ1) is 15.9. The van der Waals surface area contributed by atoms with Crippen LogP contribution in [-0.4, -0.2) is 15.5 Å². The normalized spacial score (nSPS) is 12.1. The standard InChI is InChI=1S/C27H29N3O3/c1-19(2)16-29-18-25(23-13-7-8-14-24(23)26(29)31)28-27(32)30(17-22-12-9-15-33-22)20(3)21-10-5-4-6-11-21/h4-15,18-20H,16-17H2,1-3H3,(H,28,32). The van der Waals surface area contributed by atoms with Crippen LogP contribution in [0.25, 0.3) is 10.8 Å². The number of furan rings is 1. The fourth-order valence-corrected chi connectivity index (χ4v) is 4.03. The molecule has 0 radical (unpaired) electrons. The molecule has 33 heavy (non-hydrogen) atoms. The van der Waals surface area contributed by atoms with Crippen LogP contribution in [0.15, 0.2) is 88.4 Å². The number of fused-ring (bicyclic) bond motifs is 1. The van der Waals surface area contributed by atoms with Crippen LogP contribution in [0.5, 0.6) is 0 Å². The number of rotatable bonds is 7. The summed E-state index contributed by atoms with van der Waals surface area (Å²) in [5, 5.41) is 4.39. The van der Waals surface area contributed by atoms with Crippen molar-refractivity contribution in [1.29, 1.82) is 0 Å². The molecule has 6 heteroatoms. The summed E-state index contributed by atoms with van der Waals surface area (Å²) in [5.74, 6) is 0.989. The van der Waals surface area contributed by atoms with Crippen molar-refractivity contribution in [1.82, 2.24) is 9.47 Å². The van der Waals surface area contributed by atoms with E-state index in [1.165, 1.54) is 0 Å². The van der Waals surface area contributed by atoms with Crippen LogP contribution in [0, 0.1) is 5.92 Å². The highest BCUT2D eigenvalue weighted by atomic mass is 16.3. The molecule has 2 amide bonds. The third-order valence-electron chi connectivity index (χ3n) is 5.71. The van der Waals surface area contributed by atoms with Gasteiger partial charge in [0.05, 0.1) is 24.5 Å². The van der Waals surface area contributed by atoms with Crippen LogP contribution in [-0.2, 0) is 13.1 Å². The molecule has 0 aliphatic heterocycles. The number of hydrogen-bond acceptors (Lipinski definition) is 3. The van der Waals surface area contributed by atoms with Gasteiger partial charge in [0.25, 0.3) is 5.56 Å². The van der Waals surface area contributed by atoms with Crippen LogP contribution in [0.1, 0.15) is 38.1 Å². The number of amides is 2. The molecule has 6 nitrogen and oxygen atoms in total. The van der Waals surface area contributed by atoms with Crippen molar-refractivity contribution >= 4 is 22.5 Å². The number of carbonyl (C=O) groups excluding carboxylic acids is 1. The van der Waals surface area contributed by atoms with E-state index >= 15 is 0 Å². The quantitative estimate of drug-likeness (QED) is 0.378. The molecule has 1 unspecified atom stereocenters. The maximum Gasteiger partial charge on any atom is 0.322 e. The molecule has 0 saturated heterocycles. The Hall–Kier alpha value is -3.80. The average Bonchev–Trinajstić information content (AvgIpc) is 3.33. The van der Waals surface area contributed by atoms with Gasteiger partial charge in [0.2, 0.25) is 0 Å². The molecular weight excluding hydrogens is 414 g/mol. The van der Waals surface area contributed by atoms with Crippen LogP contribution < -0.4 is 10.9 Å². The highest BCUT2D eigenvalue weighted by Gasteiger charge is 2.24. The first kappa shape index (κ1) is 22.4. The van der Waals surface area contributed by atoms with E-state index in [-0.39, 0.29) is 17.6 Å². The Morgan fingerprint density at radius 3 is 2.33 bits per heavy atom. The van der Waals surface area contributed by atoms with Crippen LogP contribution in [0.2, 0.25) is 0 Å². The smallest absolute Gasteiger partial charge is 0.322 e. The maximum absolute atomic E-state index is 13.6. The van der Waals surface area contributed by atoms with Gasteiger partial charge in [-0.15, -0.1) is 0 Å². The molecular formula is C27H29N3O3. The molecule has 2 aromatic heterocycles. The maximum atomic E-state index is 13.6. The van der Waals surface area contributed by atoms with Gasteiger partial charge < -0.3 is 19.2 Å². The molecule has 1 N–H and O–H groups in total. The van der Waals surface area contributed by atoms with E-state index in [0.717, 1.165) is 10.9 Å². The van der Waals surface area contributed by atoms with Gasteiger partial charge in [0, 0.05) is 23.5 Å². The summed E-state index contributed by atoms with van der Waals surface area (Å²) in [6, 6.07) is 20.5. The Morgan fingerprint density at radius 2 is 1.67 bits per heavy atom. The van der Waals surface area contributed by atoms with E-state index in [4.69, 9.17) is 4.42 Å². The van der Waals surface area contributed by atoms with Crippen molar-refractivity contribution < 1.29 is 9.21 Å². The first-order valence-electron chi connectivity index (χ1n) is 11.2. The van der Waals surface area contributed by atoms with Gasteiger partial charge in [-0.1, -0.05) is 62.4 Å². The van der Waals surface area contributed by atoms with Crippen molar-refractivity contribution in [3.63, 3.8) is 0 Å². The second kappa shape index (κ2) is 9.77. The Bertz CT molecular complexity index is 1280. The number of pyridine rings is 1. The van der Waals surface area contributed by atoms with Gasteiger partial charge >= 0.3 is 6.03 Å². The number of nitrogens with one attached hydrogen (secondary N) is 1. The fraction of sp³-hybridized carbons (Fsp3) is 0.259. The predicted octanol–water partition coefficient (Wildman–Crippen LogP) is 6.05. The summed E-state index contributed by atoms with van der Waals surface area (Å²) in [7, 11) is 0. The van der Waals surface area contributed by atoms with E-state index in [2.05, 4.69) is 19.2 Å². The molecule has 0 saturated carbocycles. The number of carbonyl (C=O) groups is 1. The summed E-state index contributed by atoms with van der Waals surface area (Å²) in [6.07, 6.45) is 3.36. The molecule has 1 atom stereocenters. The van der Waals surface area contributed by atoms with E-state index < -0.39 is 0 Å². The van der Waals surface area contributed by atoms with Crippen molar-refractivity contribution in [3.8, 4) is 0 Å². The lowest BCUT2D eigenvalue weighted by molar-refractivity contribution is 0.183. The lowest BCUT2D eigenvalue weighted by Crippen LogP contribution is -2.37. The van der Waals surface area contributed by atoms with Crippen LogP contribution >= 0.6 is 0 Å². The number of benzene rings is 2. The van der Waals surface area contributed by atoms with Crippen molar-refractivity contribution in [3.05, 3.63) is 101 Å². The predicted molar refractivity (Wildman–Crippen MR) is 131 cm³/mol. The molecule has 0 spiro atoms. The highest BCUT2D eigenvalue weighted by molar-refractivity contribution is 6.01. The van der Waals surface area contributed by atoms with Crippen molar-refractivity contribution in [2.75, 3.05) is 5.32 Å². The van der Waals surface area contributed by atoms with Crippen molar-refractivity contribution in [2.24, 2.45) is 5.92 Å². The summed E-state index contributed by atoms with van der Waals surface area (Å²) in [5.41, 5.74) is 1.58. The number of anilines is 1. The lowest BCUT2D eigenvalue weighted by Gasteiger charge is -2.29. The minimum atomic E-state index is -0.261. The second-order valence-electron chi connectivity index (χ2n) is 8.66. The molecule has 170 valence electrons. The third-order valence-corrected chi connectivity index (χ3v) is 5.71. The first-order valence-corrected chi connectivity index (χ1v) is 11.2. The number of hydrogen-bond donors (Lipinski definition) is 1. The SMILES string of the molecule is CC(C)Cn1cc(NC(=O)N(Cc2ccco2)C(C)c2ccccc2)c2ccccc2c1=O. The summed E-state index contributed by atoms with van der Waals surface area (Å²) < 4.78 is 7.21. The Balaban J connectivity index is 1.71. The molecule has 0 bridgehead atoms. The molecule has 0 aliphatic carbocycles. The Labute approximate surface area is 193 Å². The third kappa shape index (κ3) is 5.00.